The number of aromatic nitrogens is 2. The van der Waals surface area contributed by atoms with Crippen LogP contribution in [0, 0.1) is 0 Å². The Kier molecular flexibility index (Phi) is 3.18. The molecule has 1 aromatic heterocycles. The summed E-state index contributed by atoms with van der Waals surface area (Å²) in [6.07, 6.45) is 4.62. The Morgan fingerprint density at radius 2 is 2.17 bits per heavy atom. The van der Waals surface area contributed by atoms with Gasteiger partial charge in [0, 0.05) is 25.0 Å². The van der Waals surface area contributed by atoms with Gasteiger partial charge in [-0.2, -0.15) is 0 Å². The first kappa shape index (κ1) is 11.9. The lowest BCUT2D eigenvalue weighted by Crippen LogP contribution is -2.23. The van der Waals surface area contributed by atoms with Crippen LogP contribution in [-0.2, 0) is 0 Å². The normalized spacial score (nSPS) is 20.4. The van der Waals surface area contributed by atoms with E-state index in [0.29, 0.717) is 6.04 Å². The van der Waals surface area contributed by atoms with E-state index in [1.54, 1.807) is 12.4 Å². The summed E-state index contributed by atoms with van der Waals surface area (Å²) in [5.41, 5.74) is 2.93. The number of nitrogens with one attached hydrogen (secondary N) is 1. The Hall–Kier alpha value is -1.20. The fourth-order valence-corrected chi connectivity index (χ4v) is 2.94. The van der Waals surface area contributed by atoms with E-state index in [0.717, 1.165) is 34.3 Å². The van der Waals surface area contributed by atoms with Gasteiger partial charge in [-0.25, -0.2) is 0 Å². The van der Waals surface area contributed by atoms with E-state index >= 15 is 0 Å². The van der Waals surface area contributed by atoms with Crippen molar-refractivity contribution in [2.75, 3.05) is 25.5 Å². The van der Waals surface area contributed by atoms with Crippen molar-refractivity contribution >= 4 is 32.7 Å². The number of rotatable bonds is 2. The Labute approximate surface area is 115 Å². The monoisotopic (exact) mass is 306 g/mol. The van der Waals surface area contributed by atoms with Gasteiger partial charge in [0.1, 0.15) is 5.52 Å². The maximum atomic E-state index is 4.37. The minimum absolute atomic E-state index is 0.514. The maximum Gasteiger partial charge on any atom is 0.105 e. The van der Waals surface area contributed by atoms with Gasteiger partial charge in [-0.1, -0.05) is 0 Å². The van der Waals surface area contributed by atoms with Crippen LogP contribution in [0.4, 0.5) is 5.69 Å². The lowest BCUT2D eigenvalue weighted by Gasteiger charge is -2.16. The minimum Gasteiger partial charge on any atom is -0.380 e. The molecule has 18 heavy (non-hydrogen) atoms. The zero-order chi connectivity index (χ0) is 12.5. The molecule has 1 fully saturated rings. The van der Waals surface area contributed by atoms with Gasteiger partial charge in [0.25, 0.3) is 0 Å². The number of hydrogen-bond acceptors (Lipinski definition) is 4. The molecule has 5 heteroatoms. The molecule has 1 atom stereocenters. The van der Waals surface area contributed by atoms with Gasteiger partial charge in [0.15, 0.2) is 0 Å². The second kappa shape index (κ2) is 4.82. The predicted molar refractivity (Wildman–Crippen MR) is 76.8 cm³/mol. The van der Waals surface area contributed by atoms with E-state index in [1.165, 1.54) is 6.42 Å². The Bertz CT molecular complexity index is 572. The van der Waals surface area contributed by atoms with Gasteiger partial charge in [-0.15, -0.1) is 0 Å². The lowest BCUT2D eigenvalue weighted by atomic mass is 10.2. The molecule has 0 saturated carbocycles. The Balaban J connectivity index is 1.90. The highest BCUT2D eigenvalue weighted by Crippen LogP contribution is 2.30. The van der Waals surface area contributed by atoms with Gasteiger partial charge >= 0.3 is 0 Å². The average Bonchev–Trinajstić information content (AvgIpc) is 2.79. The highest BCUT2D eigenvalue weighted by atomic mass is 79.9. The van der Waals surface area contributed by atoms with E-state index in [9.17, 15) is 0 Å². The van der Waals surface area contributed by atoms with Crippen LogP contribution in [0.5, 0.6) is 0 Å². The van der Waals surface area contributed by atoms with Crippen LogP contribution >= 0.6 is 15.9 Å². The third kappa shape index (κ3) is 2.20. The SMILES string of the molecule is CN1CCC(Nc2ccc3nccnc3c2Br)C1. The van der Waals surface area contributed by atoms with Gasteiger partial charge in [-0.05, 0) is 48.1 Å². The van der Waals surface area contributed by atoms with Crippen molar-refractivity contribution in [2.24, 2.45) is 0 Å². The Morgan fingerprint density at radius 3 is 2.94 bits per heavy atom. The number of anilines is 1. The van der Waals surface area contributed by atoms with Gasteiger partial charge < -0.3 is 10.2 Å². The molecule has 1 N–H and O–H groups in total. The summed E-state index contributed by atoms with van der Waals surface area (Å²) in [6, 6.07) is 4.59. The van der Waals surface area contributed by atoms with Crippen LogP contribution in [0.1, 0.15) is 6.42 Å². The van der Waals surface area contributed by atoms with Crippen molar-refractivity contribution in [3.63, 3.8) is 0 Å². The van der Waals surface area contributed by atoms with Crippen LogP contribution in [0.25, 0.3) is 11.0 Å². The zero-order valence-corrected chi connectivity index (χ0v) is 11.8. The van der Waals surface area contributed by atoms with E-state index < -0.39 is 0 Å². The van der Waals surface area contributed by atoms with Gasteiger partial charge in [-0.3, -0.25) is 9.97 Å². The van der Waals surface area contributed by atoms with E-state index in [1.807, 2.05) is 6.07 Å². The largest absolute Gasteiger partial charge is 0.380 e. The lowest BCUT2D eigenvalue weighted by molar-refractivity contribution is 0.414. The third-order valence-electron chi connectivity index (χ3n) is 3.33. The summed E-state index contributed by atoms with van der Waals surface area (Å²) in [5.74, 6) is 0. The molecule has 1 aliphatic heterocycles. The molecule has 1 aliphatic rings. The quantitative estimate of drug-likeness (QED) is 0.925. The number of likely N-dealkylation sites (N-methyl/N-ethyl adjacent to an activating group) is 1. The summed E-state index contributed by atoms with van der Waals surface area (Å²) < 4.78 is 1.00. The molecular weight excluding hydrogens is 292 g/mol. The molecule has 0 aliphatic carbocycles. The van der Waals surface area contributed by atoms with Crippen LogP contribution in [0.2, 0.25) is 0 Å². The average molecular weight is 307 g/mol. The molecule has 0 bridgehead atoms. The van der Waals surface area contributed by atoms with Crippen molar-refractivity contribution in [1.82, 2.24) is 14.9 Å². The van der Waals surface area contributed by atoms with Crippen LogP contribution < -0.4 is 5.32 Å². The predicted octanol–water partition coefficient (Wildman–Crippen LogP) is 2.51. The molecule has 0 spiro atoms. The summed E-state index contributed by atoms with van der Waals surface area (Å²) in [7, 11) is 2.16. The second-order valence-electron chi connectivity index (χ2n) is 4.74. The second-order valence-corrected chi connectivity index (χ2v) is 5.54. The first-order valence-corrected chi connectivity index (χ1v) is 6.87. The fraction of sp³-hybridized carbons (Fsp3) is 0.385. The molecule has 0 radical (unpaired) electrons. The first-order chi connectivity index (χ1) is 8.74. The molecule has 1 aromatic carbocycles. The van der Waals surface area contributed by atoms with Crippen molar-refractivity contribution in [2.45, 2.75) is 12.5 Å². The van der Waals surface area contributed by atoms with Crippen molar-refractivity contribution in [1.29, 1.82) is 0 Å². The molecule has 3 rings (SSSR count). The number of benzene rings is 1. The summed E-state index contributed by atoms with van der Waals surface area (Å²) in [4.78, 5) is 11.0. The smallest absolute Gasteiger partial charge is 0.105 e. The maximum absolute atomic E-state index is 4.37. The molecule has 2 heterocycles. The van der Waals surface area contributed by atoms with E-state index in [2.05, 4.69) is 49.2 Å². The fourth-order valence-electron chi connectivity index (χ4n) is 2.39. The number of hydrogen-bond donors (Lipinski definition) is 1. The number of halogens is 1. The highest BCUT2D eigenvalue weighted by molar-refractivity contribution is 9.10. The highest BCUT2D eigenvalue weighted by Gasteiger charge is 2.20. The molecule has 94 valence electrons. The topological polar surface area (TPSA) is 41.0 Å². The summed E-state index contributed by atoms with van der Waals surface area (Å²) in [5, 5.41) is 3.58. The van der Waals surface area contributed by atoms with Gasteiger partial charge in [0.2, 0.25) is 0 Å². The molecule has 1 unspecified atom stereocenters. The Morgan fingerprint density at radius 1 is 1.33 bits per heavy atom. The van der Waals surface area contributed by atoms with Crippen LogP contribution in [0.3, 0.4) is 0 Å². The van der Waals surface area contributed by atoms with E-state index in [-0.39, 0.29) is 0 Å². The molecule has 1 saturated heterocycles. The minimum atomic E-state index is 0.514. The van der Waals surface area contributed by atoms with Crippen molar-refractivity contribution in [3.05, 3.63) is 29.0 Å². The van der Waals surface area contributed by atoms with Crippen molar-refractivity contribution in [3.8, 4) is 0 Å². The van der Waals surface area contributed by atoms with Crippen LogP contribution in [0.15, 0.2) is 29.0 Å². The molecule has 0 amide bonds. The van der Waals surface area contributed by atoms with Crippen LogP contribution in [-0.4, -0.2) is 41.0 Å². The third-order valence-corrected chi connectivity index (χ3v) is 4.13. The number of nitrogens with zero attached hydrogens (tertiary/aromatic N) is 3. The molecular formula is C13H15BrN4. The molecule has 2 aromatic rings. The summed E-state index contributed by atoms with van der Waals surface area (Å²) in [6.45, 7) is 2.24. The summed E-state index contributed by atoms with van der Waals surface area (Å²) >= 11 is 3.63. The number of likely N-dealkylation sites (tertiary alicyclic amines) is 1. The molecule has 4 nitrogen and oxygen atoms in total. The van der Waals surface area contributed by atoms with E-state index in [4.69, 9.17) is 0 Å². The standard InChI is InChI=1S/C13H15BrN4/c1-18-7-4-9(8-18)17-10-2-3-11-13(12(10)14)16-6-5-15-11/h2-3,5-6,9,17H,4,7-8H2,1H3. The number of fused-ring (bicyclic) bond motifs is 1. The van der Waals surface area contributed by atoms with Gasteiger partial charge in [0.05, 0.1) is 15.7 Å². The zero-order valence-electron chi connectivity index (χ0n) is 10.2. The first-order valence-electron chi connectivity index (χ1n) is 6.08. The van der Waals surface area contributed by atoms with Crippen molar-refractivity contribution < 1.29 is 0 Å².